The summed E-state index contributed by atoms with van der Waals surface area (Å²) >= 11 is 13.1. The Hall–Kier alpha value is -4.32. The lowest BCUT2D eigenvalue weighted by Gasteiger charge is -2.34. The molecule has 0 radical (unpaired) electrons. The minimum absolute atomic E-state index is 0.0317. The summed E-state index contributed by atoms with van der Waals surface area (Å²) in [6.45, 7) is 3.84. The van der Waals surface area contributed by atoms with Crippen molar-refractivity contribution in [2.45, 2.75) is 37.8 Å². The summed E-state index contributed by atoms with van der Waals surface area (Å²) in [5.41, 5.74) is 1.19. The summed E-state index contributed by atoms with van der Waals surface area (Å²) in [6, 6.07) is 21.9. The summed E-state index contributed by atoms with van der Waals surface area (Å²) in [5.74, 6) is -1.01. The van der Waals surface area contributed by atoms with Crippen LogP contribution in [0.2, 0.25) is 10.0 Å². The fraction of sp³-hybridized carbons (Fsp3) is 0.278. The second-order valence-electron chi connectivity index (χ2n) is 11.9. The molecule has 1 aliphatic rings. The zero-order valence-electron chi connectivity index (χ0n) is 26.9. The van der Waals surface area contributed by atoms with Gasteiger partial charge >= 0.3 is 0 Å². The van der Waals surface area contributed by atoms with Gasteiger partial charge in [0.15, 0.2) is 11.5 Å². The van der Waals surface area contributed by atoms with Gasteiger partial charge in [-0.25, -0.2) is 12.8 Å². The van der Waals surface area contributed by atoms with Crippen molar-refractivity contribution in [3.63, 3.8) is 0 Å². The number of anilines is 1. The van der Waals surface area contributed by atoms with E-state index < -0.39 is 40.2 Å². The van der Waals surface area contributed by atoms with E-state index in [0.717, 1.165) is 22.0 Å². The summed E-state index contributed by atoms with van der Waals surface area (Å²) < 4.78 is 54.8. The number of carbonyl (C=O) groups is 2. The maximum atomic E-state index is 14.6. The van der Waals surface area contributed by atoms with E-state index in [-0.39, 0.29) is 51.9 Å². The normalized spacial score (nSPS) is 13.1. The van der Waals surface area contributed by atoms with Crippen LogP contribution in [0.15, 0.2) is 95.9 Å². The zero-order valence-corrected chi connectivity index (χ0v) is 29.3. The lowest BCUT2D eigenvalue weighted by atomic mass is 10.0. The van der Waals surface area contributed by atoms with Gasteiger partial charge in [-0.1, -0.05) is 73.4 Å². The average Bonchev–Trinajstić information content (AvgIpc) is 3.09. The number of nitrogens with zero attached hydrogens (tertiary/aromatic N) is 2. The average molecular weight is 729 g/mol. The van der Waals surface area contributed by atoms with E-state index in [1.54, 1.807) is 18.2 Å². The number of sulfonamides is 1. The fourth-order valence-electron chi connectivity index (χ4n) is 5.28. The molecular formula is C36H36Cl2FN3O6S. The number of ether oxygens (including phenoxy) is 2. The predicted molar refractivity (Wildman–Crippen MR) is 187 cm³/mol. The predicted octanol–water partition coefficient (Wildman–Crippen LogP) is 6.51. The standard InChI is InChI=1S/C36H36Cl2FN3O6S/c1-24(2)21-40-36(44)32(19-25-7-4-3-5-8-25)41(22-29-30(37)9-6-10-31(29)38)35(43)23-42(27-13-11-26(39)12-14-27)49(45,46)28-15-16-33-34(20-28)48-18-17-47-33/h3-16,20,24,32H,17-19,21-23H2,1-2H3,(H,40,44)/t32-/m1/s1. The molecule has 0 saturated heterocycles. The van der Waals surface area contributed by atoms with Crippen molar-refractivity contribution in [1.82, 2.24) is 10.2 Å². The van der Waals surface area contributed by atoms with Gasteiger partial charge in [0.25, 0.3) is 10.0 Å². The molecule has 5 rings (SSSR count). The summed E-state index contributed by atoms with van der Waals surface area (Å²) in [6.07, 6.45) is 0.115. The first kappa shape index (κ1) is 36.0. The molecule has 1 atom stereocenters. The van der Waals surface area contributed by atoms with Crippen molar-refractivity contribution in [3.05, 3.63) is 118 Å². The molecule has 0 saturated carbocycles. The topological polar surface area (TPSA) is 105 Å². The van der Waals surface area contributed by atoms with Crippen LogP contribution in [-0.2, 0) is 32.6 Å². The largest absolute Gasteiger partial charge is 0.486 e. The van der Waals surface area contributed by atoms with Crippen LogP contribution in [0.3, 0.4) is 0 Å². The molecule has 9 nitrogen and oxygen atoms in total. The second kappa shape index (κ2) is 15.9. The van der Waals surface area contributed by atoms with E-state index in [1.807, 2.05) is 44.2 Å². The van der Waals surface area contributed by atoms with E-state index in [0.29, 0.717) is 24.5 Å². The van der Waals surface area contributed by atoms with Crippen molar-refractivity contribution in [1.29, 1.82) is 0 Å². The van der Waals surface area contributed by atoms with Gasteiger partial charge in [-0.15, -0.1) is 0 Å². The summed E-state index contributed by atoms with van der Waals surface area (Å²) in [5, 5.41) is 3.47. The molecule has 1 heterocycles. The first-order valence-corrected chi connectivity index (χ1v) is 17.9. The van der Waals surface area contributed by atoms with Gasteiger partial charge in [0, 0.05) is 41.2 Å². The smallest absolute Gasteiger partial charge is 0.264 e. The number of amides is 2. The van der Waals surface area contributed by atoms with E-state index in [2.05, 4.69) is 5.32 Å². The Labute approximate surface area is 295 Å². The number of benzene rings is 4. The summed E-state index contributed by atoms with van der Waals surface area (Å²) in [7, 11) is -4.47. The highest BCUT2D eigenvalue weighted by Gasteiger charge is 2.36. The molecule has 258 valence electrons. The molecule has 4 aromatic rings. The third-order valence-corrected chi connectivity index (χ3v) is 10.3. The Morgan fingerprint density at radius 2 is 1.53 bits per heavy atom. The molecule has 0 fully saturated rings. The van der Waals surface area contributed by atoms with Crippen molar-refractivity contribution in [2.75, 3.05) is 30.6 Å². The highest BCUT2D eigenvalue weighted by atomic mass is 35.5. The lowest BCUT2D eigenvalue weighted by Crippen LogP contribution is -2.53. The second-order valence-corrected chi connectivity index (χ2v) is 14.5. The number of carbonyl (C=O) groups excluding carboxylic acids is 2. The summed E-state index contributed by atoms with van der Waals surface area (Å²) in [4.78, 5) is 29.7. The van der Waals surface area contributed by atoms with Crippen LogP contribution in [0.25, 0.3) is 0 Å². The molecule has 0 bridgehead atoms. The fourth-order valence-corrected chi connectivity index (χ4v) is 7.22. The van der Waals surface area contributed by atoms with Gasteiger partial charge in [0.1, 0.15) is 31.6 Å². The Kier molecular flexibility index (Phi) is 11.7. The molecule has 0 aromatic heterocycles. The number of fused-ring (bicyclic) bond motifs is 1. The molecule has 0 aliphatic carbocycles. The lowest BCUT2D eigenvalue weighted by molar-refractivity contribution is -0.140. The third kappa shape index (κ3) is 8.83. The van der Waals surface area contributed by atoms with E-state index >= 15 is 0 Å². The zero-order chi connectivity index (χ0) is 35.1. The molecule has 4 aromatic carbocycles. The number of rotatable bonds is 13. The first-order chi connectivity index (χ1) is 23.4. The minimum atomic E-state index is -4.47. The highest BCUT2D eigenvalue weighted by Crippen LogP contribution is 2.35. The molecule has 0 spiro atoms. The molecule has 1 N–H and O–H groups in total. The van der Waals surface area contributed by atoms with Crippen LogP contribution in [-0.4, -0.2) is 57.5 Å². The van der Waals surface area contributed by atoms with E-state index in [9.17, 15) is 22.4 Å². The van der Waals surface area contributed by atoms with Gasteiger partial charge in [-0.2, -0.15) is 0 Å². The minimum Gasteiger partial charge on any atom is -0.486 e. The quantitative estimate of drug-likeness (QED) is 0.168. The molecule has 49 heavy (non-hydrogen) atoms. The molecule has 13 heteroatoms. The van der Waals surface area contributed by atoms with Crippen LogP contribution in [0.1, 0.15) is 25.0 Å². The molecule has 0 unspecified atom stereocenters. The van der Waals surface area contributed by atoms with Crippen LogP contribution in [0.4, 0.5) is 10.1 Å². The molecule has 1 aliphatic heterocycles. The monoisotopic (exact) mass is 727 g/mol. The van der Waals surface area contributed by atoms with Crippen LogP contribution < -0.4 is 19.1 Å². The van der Waals surface area contributed by atoms with E-state index in [1.165, 1.54) is 35.2 Å². The number of nitrogens with one attached hydrogen (secondary N) is 1. The van der Waals surface area contributed by atoms with Gasteiger partial charge < -0.3 is 19.7 Å². The van der Waals surface area contributed by atoms with E-state index in [4.69, 9.17) is 32.7 Å². The first-order valence-electron chi connectivity index (χ1n) is 15.7. The van der Waals surface area contributed by atoms with Gasteiger partial charge in [0.2, 0.25) is 11.8 Å². The van der Waals surface area contributed by atoms with Crippen molar-refractivity contribution in [3.8, 4) is 11.5 Å². The van der Waals surface area contributed by atoms with Crippen LogP contribution >= 0.6 is 23.2 Å². The van der Waals surface area contributed by atoms with Gasteiger partial charge in [-0.3, -0.25) is 13.9 Å². The molecular weight excluding hydrogens is 692 g/mol. The third-order valence-electron chi connectivity index (χ3n) is 7.84. The Bertz CT molecular complexity index is 1870. The number of hydrogen-bond acceptors (Lipinski definition) is 6. The van der Waals surface area contributed by atoms with Crippen molar-refractivity contribution in [2.24, 2.45) is 5.92 Å². The SMILES string of the molecule is CC(C)CNC(=O)[C@@H](Cc1ccccc1)N(Cc1c(Cl)cccc1Cl)C(=O)CN(c1ccc(F)cc1)S(=O)(=O)c1ccc2c(c1)OCCO2. The highest BCUT2D eigenvalue weighted by molar-refractivity contribution is 7.92. The van der Waals surface area contributed by atoms with Crippen molar-refractivity contribution < 1.29 is 31.9 Å². The number of halogens is 3. The maximum absolute atomic E-state index is 14.6. The molecule has 2 amide bonds. The van der Waals surface area contributed by atoms with Gasteiger partial charge in [-0.05, 0) is 60.0 Å². The van der Waals surface area contributed by atoms with Crippen molar-refractivity contribution >= 4 is 50.7 Å². The maximum Gasteiger partial charge on any atom is 0.264 e. The number of hydrogen-bond donors (Lipinski definition) is 1. The van der Waals surface area contributed by atoms with Crippen LogP contribution in [0.5, 0.6) is 11.5 Å². The van der Waals surface area contributed by atoms with Crippen LogP contribution in [0, 0.1) is 11.7 Å². The Balaban J connectivity index is 1.59. The van der Waals surface area contributed by atoms with Gasteiger partial charge in [0.05, 0.1) is 10.6 Å². The Morgan fingerprint density at radius 1 is 0.878 bits per heavy atom. The Morgan fingerprint density at radius 3 is 2.18 bits per heavy atom.